The van der Waals surface area contributed by atoms with Gasteiger partial charge in [0.1, 0.15) is 11.5 Å². The number of rotatable bonds is 7. The predicted molar refractivity (Wildman–Crippen MR) is 148 cm³/mol. The van der Waals surface area contributed by atoms with Gasteiger partial charge >= 0.3 is 0 Å². The van der Waals surface area contributed by atoms with E-state index >= 15 is 0 Å². The Morgan fingerprint density at radius 2 is 1.62 bits per heavy atom. The zero-order valence-corrected chi connectivity index (χ0v) is 22.3. The lowest BCUT2D eigenvalue weighted by Gasteiger charge is -2.28. The molecule has 0 spiro atoms. The first-order valence-corrected chi connectivity index (χ1v) is 12.6. The second-order valence-corrected chi connectivity index (χ2v) is 9.33. The molecule has 0 bridgehead atoms. The Bertz CT molecular complexity index is 1370. The maximum atomic E-state index is 13.6. The fourth-order valence-electron chi connectivity index (χ4n) is 5.02. The topological polar surface area (TPSA) is 70.1 Å². The zero-order chi connectivity index (χ0) is 26.9. The summed E-state index contributed by atoms with van der Waals surface area (Å²) in [4.78, 5) is 30.9. The normalized spacial score (nSPS) is 16.8. The van der Waals surface area contributed by atoms with Crippen molar-refractivity contribution < 1.29 is 19.4 Å². The number of carbonyl (C=O) groups is 2. The summed E-state index contributed by atoms with van der Waals surface area (Å²) in [5.74, 6) is -0.900. The van der Waals surface area contributed by atoms with Crippen LogP contribution in [-0.4, -0.2) is 37.0 Å². The van der Waals surface area contributed by atoms with Gasteiger partial charge < -0.3 is 14.7 Å². The average Bonchev–Trinajstić information content (AvgIpc) is 3.16. The van der Waals surface area contributed by atoms with Gasteiger partial charge in [-0.25, -0.2) is 0 Å². The molecule has 0 radical (unpaired) electrons. The van der Waals surface area contributed by atoms with Gasteiger partial charge in [0.05, 0.1) is 18.7 Å². The first-order chi connectivity index (χ1) is 17.7. The van der Waals surface area contributed by atoms with Crippen LogP contribution >= 0.6 is 0 Å². The molecule has 1 saturated heterocycles. The Balaban J connectivity index is 1.95. The number of benzene rings is 3. The number of aliphatic hydroxyl groups is 1. The van der Waals surface area contributed by atoms with Crippen LogP contribution in [0.5, 0.6) is 5.75 Å². The summed E-state index contributed by atoms with van der Waals surface area (Å²) in [6, 6.07) is 18.1. The van der Waals surface area contributed by atoms with Gasteiger partial charge in [0, 0.05) is 30.0 Å². The summed E-state index contributed by atoms with van der Waals surface area (Å²) in [7, 11) is 1.58. The molecule has 1 amide bonds. The number of hydrogen-bond acceptors (Lipinski definition) is 5. The molecule has 1 atom stereocenters. The van der Waals surface area contributed by atoms with Gasteiger partial charge in [0.2, 0.25) is 0 Å². The molecule has 6 nitrogen and oxygen atoms in total. The molecule has 0 aliphatic carbocycles. The van der Waals surface area contributed by atoms with E-state index in [-0.39, 0.29) is 11.3 Å². The summed E-state index contributed by atoms with van der Waals surface area (Å²) >= 11 is 0. The molecule has 3 aromatic rings. The third-order valence-corrected chi connectivity index (χ3v) is 7.31. The van der Waals surface area contributed by atoms with E-state index < -0.39 is 17.7 Å². The number of nitrogens with zero attached hydrogens (tertiary/aromatic N) is 2. The third-order valence-electron chi connectivity index (χ3n) is 7.31. The summed E-state index contributed by atoms with van der Waals surface area (Å²) < 4.78 is 5.30. The Morgan fingerprint density at radius 3 is 2.22 bits per heavy atom. The molecule has 1 unspecified atom stereocenters. The number of methoxy groups -OCH3 is 1. The highest BCUT2D eigenvalue weighted by Crippen LogP contribution is 2.44. The number of amides is 1. The SMILES string of the molecule is CCN(CC)c1ccc(C2/C(=C(\O)c3ccc(OC)cc3C)C(=O)C(=O)N2c2cccc(C)c2C)cc1. The largest absolute Gasteiger partial charge is 0.507 e. The Kier molecular flexibility index (Phi) is 7.39. The molecule has 1 fully saturated rings. The molecular formula is C31H34N2O4. The van der Waals surface area contributed by atoms with E-state index in [0.717, 1.165) is 41.0 Å². The number of aliphatic hydroxyl groups excluding tert-OH is 1. The number of anilines is 2. The molecule has 1 aliphatic heterocycles. The van der Waals surface area contributed by atoms with Crippen molar-refractivity contribution in [3.05, 3.63) is 94.1 Å². The van der Waals surface area contributed by atoms with E-state index in [4.69, 9.17) is 4.74 Å². The van der Waals surface area contributed by atoms with Gasteiger partial charge in [-0.05, 0) is 93.3 Å². The first kappa shape index (κ1) is 26.0. The monoisotopic (exact) mass is 498 g/mol. The van der Waals surface area contributed by atoms with Crippen molar-refractivity contribution in [2.24, 2.45) is 0 Å². The van der Waals surface area contributed by atoms with E-state index in [9.17, 15) is 14.7 Å². The fourth-order valence-corrected chi connectivity index (χ4v) is 5.02. The van der Waals surface area contributed by atoms with Crippen LogP contribution in [0, 0.1) is 20.8 Å². The van der Waals surface area contributed by atoms with Crippen molar-refractivity contribution in [1.82, 2.24) is 0 Å². The lowest BCUT2D eigenvalue weighted by atomic mass is 9.93. The van der Waals surface area contributed by atoms with Crippen molar-refractivity contribution in [1.29, 1.82) is 0 Å². The minimum absolute atomic E-state index is 0.0785. The smallest absolute Gasteiger partial charge is 0.300 e. The van der Waals surface area contributed by atoms with Crippen LogP contribution in [0.15, 0.2) is 66.2 Å². The second kappa shape index (κ2) is 10.5. The number of aryl methyl sites for hydroxylation is 2. The highest BCUT2D eigenvalue weighted by molar-refractivity contribution is 6.51. The molecule has 4 rings (SSSR count). The van der Waals surface area contributed by atoms with E-state index in [1.807, 2.05) is 63.2 Å². The third kappa shape index (κ3) is 4.59. The van der Waals surface area contributed by atoms with Crippen LogP contribution in [0.1, 0.15) is 47.7 Å². The predicted octanol–water partition coefficient (Wildman–Crippen LogP) is 6.09. The summed E-state index contributed by atoms with van der Waals surface area (Å²) in [5.41, 5.74) is 5.71. The minimum atomic E-state index is -0.771. The van der Waals surface area contributed by atoms with Crippen molar-refractivity contribution in [2.45, 2.75) is 40.7 Å². The van der Waals surface area contributed by atoms with Crippen LogP contribution in [0.2, 0.25) is 0 Å². The van der Waals surface area contributed by atoms with E-state index in [1.165, 1.54) is 4.90 Å². The van der Waals surface area contributed by atoms with Crippen LogP contribution in [0.4, 0.5) is 11.4 Å². The Hall–Kier alpha value is -4.06. The number of ether oxygens (including phenoxy) is 1. The van der Waals surface area contributed by atoms with Gasteiger partial charge in [-0.3, -0.25) is 14.5 Å². The summed E-state index contributed by atoms with van der Waals surface area (Å²) in [6.07, 6.45) is 0. The number of carbonyl (C=O) groups excluding carboxylic acids is 2. The number of Topliss-reactive ketones (excluding diaryl/α,β-unsaturated/α-hetero) is 1. The maximum Gasteiger partial charge on any atom is 0.300 e. The van der Waals surface area contributed by atoms with Crippen molar-refractivity contribution >= 4 is 28.8 Å². The quantitative estimate of drug-likeness (QED) is 0.242. The average molecular weight is 499 g/mol. The second-order valence-electron chi connectivity index (χ2n) is 9.33. The van der Waals surface area contributed by atoms with Gasteiger partial charge in [-0.1, -0.05) is 24.3 Å². The fraction of sp³-hybridized carbons (Fsp3) is 0.290. The molecule has 37 heavy (non-hydrogen) atoms. The van der Waals surface area contributed by atoms with E-state index in [0.29, 0.717) is 17.0 Å². The lowest BCUT2D eigenvalue weighted by molar-refractivity contribution is -0.132. The van der Waals surface area contributed by atoms with Crippen LogP contribution in [0.25, 0.3) is 5.76 Å². The summed E-state index contributed by atoms with van der Waals surface area (Å²) in [5, 5.41) is 11.5. The first-order valence-electron chi connectivity index (χ1n) is 12.6. The lowest BCUT2D eigenvalue weighted by Crippen LogP contribution is -2.30. The number of ketones is 1. The Morgan fingerprint density at radius 1 is 0.946 bits per heavy atom. The van der Waals surface area contributed by atoms with E-state index in [2.05, 4.69) is 18.7 Å². The van der Waals surface area contributed by atoms with Crippen LogP contribution in [0.3, 0.4) is 0 Å². The highest BCUT2D eigenvalue weighted by atomic mass is 16.5. The van der Waals surface area contributed by atoms with Crippen molar-refractivity contribution in [2.75, 3.05) is 30.0 Å². The van der Waals surface area contributed by atoms with Crippen molar-refractivity contribution in [3.8, 4) is 5.75 Å². The minimum Gasteiger partial charge on any atom is -0.507 e. The molecule has 1 aliphatic rings. The van der Waals surface area contributed by atoms with Gasteiger partial charge in [-0.2, -0.15) is 0 Å². The maximum absolute atomic E-state index is 13.6. The standard InChI is InChI=1S/C31H34N2O4/c1-7-32(8-2)23-14-12-22(13-15-23)28-27(29(34)25-17-16-24(37-6)18-20(25)4)30(35)31(36)33(28)26-11-9-10-19(3)21(26)5/h9-18,28,34H,7-8H2,1-6H3/b29-27+. The zero-order valence-electron chi connectivity index (χ0n) is 22.3. The molecule has 0 aromatic heterocycles. The van der Waals surface area contributed by atoms with Gasteiger partial charge in [0.25, 0.3) is 11.7 Å². The molecular weight excluding hydrogens is 464 g/mol. The number of hydrogen-bond donors (Lipinski definition) is 1. The highest BCUT2D eigenvalue weighted by Gasteiger charge is 2.47. The summed E-state index contributed by atoms with van der Waals surface area (Å²) in [6.45, 7) is 11.7. The van der Waals surface area contributed by atoms with Crippen molar-refractivity contribution in [3.63, 3.8) is 0 Å². The van der Waals surface area contributed by atoms with Crippen LogP contribution in [-0.2, 0) is 9.59 Å². The molecule has 1 N–H and O–H groups in total. The van der Waals surface area contributed by atoms with Gasteiger partial charge in [0.15, 0.2) is 0 Å². The Labute approximate surface area is 218 Å². The molecule has 0 saturated carbocycles. The van der Waals surface area contributed by atoms with E-state index in [1.54, 1.807) is 25.3 Å². The van der Waals surface area contributed by atoms with Gasteiger partial charge in [-0.15, -0.1) is 0 Å². The van der Waals surface area contributed by atoms with Crippen LogP contribution < -0.4 is 14.5 Å². The molecule has 6 heteroatoms. The molecule has 192 valence electrons. The molecule has 3 aromatic carbocycles. The molecule has 1 heterocycles.